The molecular formula is C12H22N2S. The lowest BCUT2D eigenvalue weighted by Crippen LogP contribution is -2.47. The lowest BCUT2D eigenvalue weighted by molar-refractivity contribution is 0.185. The Hall–Kier alpha value is -0.380. The molecule has 0 saturated heterocycles. The van der Waals surface area contributed by atoms with Crippen LogP contribution in [0.5, 0.6) is 0 Å². The Labute approximate surface area is 97.3 Å². The third kappa shape index (κ3) is 3.59. The normalized spacial score (nSPS) is 14.5. The first-order valence-corrected chi connectivity index (χ1v) is 6.25. The van der Waals surface area contributed by atoms with Gasteiger partial charge in [-0.05, 0) is 46.3 Å². The summed E-state index contributed by atoms with van der Waals surface area (Å²) in [5.41, 5.74) is 0.200. The molecule has 0 radical (unpaired) electrons. The lowest BCUT2D eigenvalue weighted by atomic mass is 10.0. The maximum absolute atomic E-state index is 3.58. The minimum absolute atomic E-state index is 0.200. The second-order valence-electron chi connectivity index (χ2n) is 4.82. The zero-order valence-corrected chi connectivity index (χ0v) is 11.2. The van der Waals surface area contributed by atoms with Crippen molar-refractivity contribution in [2.45, 2.75) is 32.4 Å². The van der Waals surface area contributed by atoms with Crippen molar-refractivity contribution in [2.24, 2.45) is 0 Å². The Morgan fingerprint density at radius 2 is 2.13 bits per heavy atom. The molecule has 0 fully saturated rings. The second-order valence-corrected chi connectivity index (χ2v) is 5.80. The first kappa shape index (κ1) is 12.7. The van der Waals surface area contributed by atoms with Crippen LogP contribution in [0.3, 0.4) is 0 Å². The van der Waals surface area contributed by atoms with Crippen LogP contribution in [0.4, 0.5) is 0 Å². The number of likely N-dealkylation sites (N-methyl/N-ethyl adjacent to an activating group) is 1. The van der Waals surface area contributed by atoms with Crippen LogP contribution >= 0.6 is 11.3 Å². The molecule has 1 atom stereocenters. The van der Waals surface area contributed by atoms with E-state index in [0.29, 0.717) is 6.04 Å². The highest BCUT2D eigenvalue weighted by Gasteiger charge is 2.21. The Balaban J connectivity index is 2.44. The van der Waals surface area contributed by atoms with Crippen molar-refractivity contribution in [3.63, 3.8) is 0 Å². The van der Waals surface area contributed by atoms with Crippen molar-refractivity contribution < 1.29 is 0 Å². The largest absolute Gasteiger partial charge is 0.308 e. The molecule has 1 rings (SSSR count). The molecule has 0 spiro atoms. The van der Waals surface area contributed by atoms with Crippen molar-refractivity contribution >= 4 is 11.3 Å². The minimum Gasteiger partial charge on any atom is -0.308 e. The van der Waals surface area contributed by atoms with Crippen molar-refractivity contribution in [3.8, 4) is 0 Å². The fourth-order valence-electron chi connectivity index (χ4n) is 1.20. The third-order valence-electron chi connectivity index (χ3n) is 3.02. The summed E-state index contributed by atoms with van der Waals surface area (Å²) in [6, 6.07) is 4.74. The molecule has 0 aliphatic carbocycles. The number of hydrogen-bond acceptors (Lipinski definition) is 3. The number of nitrogens with one attached hydrogen (secondary N) is 1. The lowest BCUT2D eigenvalue weighted by Gasteiger charge is -2.33. The average molecular weight is 226 g/mol. The standard InChI is InChI=1S/C12H22N2S/c1-10(11-7-6-8-15-11)13-9-12(2,3)14(4)5/h6-8,10,13H,9H2,1-5H3. The number of thiophene rings is 1. The van der Waals surface area contributed by atoms with Gasteiger partial charge in [0.25, 0.3) is 0 Å². The molecule has 1 aromatic rings. The molecule has 0 aromatic carbocycles. The number of nitrogens with zero attached hydrogens (tertiary/aromatic N) is 1. The van der Waals surface area contributed by atoms with E-state index in [1.165, 1.54) is 4.88 Å². The second kappa shape index (κ2) is 5.10. The van der Waals surface area contributed by atoms with Gasteiger partial charge >= 0.3 is 0 Å². The Kier molecular flexibility index (Phi) is 4.32. The quantitative estimate of drug-likeness (QED) is 0.830. The van der Waals surface area contributed by atoms with E-state index in [1.807, 2.05) is 11.3 Å². The summed E-state index contributed by atoms with van der Waals surface area (Å²) in [6.07, 6.45) is 0. The molecule has 0 saturated carbocycles. The van der Waals surface area contributed by atoms with E-state index >= 15 is 0 Å². The molecule has 0 amide bonds. The maximum Gasteiger partial charge on any atom is 0.0386 e. The van der Waals surface area contributed by atoms with Gasteiger partial charge in [0, 0.05) is 23.0 Å². The topological polar surface area (TPSA) is 15.3 Å². The van der Waals surface area contributed by atoms with Gasteiger partial charge in [0.15, 0.2) is 0 Å². The molecule has 86 valence electrons. The first-order chi connectivity index (χ1) is 6.93. The molecule has 3 heteroatoms. The van der Waals surface area contributed by atoms with Gasteiger partial charge in [-0.2, -0.15) is 0 Å². The van der Waals surface area contributed by atoms with Crippen LogP contribution in [0.15, 0.2) is 17.5 Å². The summed E-state index contributed by atoms with van der Waals surface area (Å²) in [4.78, 5) is 3.66. The van der Waals surface area contributed by atoms with Crippen LogP contribution in [0.1, 0.15) is 31.7 Å². The Morgan fingerprint density at radius 1 is 1.47 bits per heavy atom. The van der Waals surface area contributed by atoms with Crippen molar-refractivity contribution in [2.75, 3.05) is 20.6 Å². The highest BCUT2D eigenvalue weighted by Crippen LogP contribution is 2.19. The van der Waals surface area contributed by atoms with E-state index in [1.54, 1.807) is 0 Å². The Morgan fingerprint density at radius 3 is 2.60 bits per heavy atom. The fourth-order valence-corrected chi connectivity index (χ4v) is 1.96. The van der Waals surface area contributed by atoms with Crippen LogP contribution < -0.4 is 5.32 Å². The zero-order valence-electron chi connectivity index (χ0n) is 10.4. The van der Waals surface area contributed by atoms with Crippen LogP contribution in [0.2, 0.25) is 0 Å². The summed E-state index contributed by atoms with van der Waals surface area (Å²) in [5.74, 6) is 0. The SMILES string of the molecule is CC(NCC(C)(C)N(C)C)c1cccs1. The van der Waals surface area contributed by atoms with Gasteiger partial charge in [0.2, 0.25) is 0 Å². The molecule has 0 aliphatic rings. The molecule has 0 bridgehead atoms. The van der Waals surface area contributed by atoms with Crippen LogP contribution in [0.25, 0.3) is 0 Å². The van der Waals surface area contributed by atoms with E-state index < -0.39 is 0 Å². The molecule has 15 heavy (non-hydrogen) atoms. The molecular weight excluding hydrogens is 204 g/mol. The van der Waals surface area contributed by atoms with Crippen LogP contribution in [-0.4, -0.2) is 31.1 Å². The van der Waals surface area contributed by atoms with Gasteiger partial charge in [0.05, 0.1) is 0 Å². The molecule has 1 aromatic heterocycles. The monoisotopic (exact) mass is 226 g/mol. The van der Waals surface area contributed by atoms with Crippen LogP contribution in [-0.2, 0) is 0 Å². The Bertz CT molecular complexity index is 278. The highest BCUT2D eigenvalue weighted by atomic mass is 32.1. The number of rotatable bonds is 5. The van der Waals surface area contributed by atoms with Crippen molar-refractivity contribution in [1.29, 1.82) is 0 Å². The highest BCUT2D eigenvalue weighted by molar-refractivity contribution is 7.10. The summed E-state index contributed by atoms with van der Waals surface area (Å²) >= 11 is 1.81. The van der Waals surface area contributed by atoms with Crippen molar-refractivity contribution in [3.05, 3.63) is 22.4 Å². The molecule has 1 heterocycles. The summed E-state index contributed by atoms with van der Waals surface area (Å²) < 4.78 is 0. The smallest absolute Gasteiger partial charge is 0.0386 e. The molecule has 1 unspecified atom stereocenters. The van der Waals surface area contributed by atoms with E-state index in [9.17, 15) is 0 Å². The maximum atomic E-state index is 3.58. The fraction of sp³-hybridized carbons (Fsp3) is 0.667. The van der Waals surface area contributed by atoms with Gasteiger partial charge in [-0.15, -0.1) is 11.3 Å². The van der Waals surface area contributed by atoms with Gasteiger partial charge in [-0.25, -0.2) is 0 Å². The van der Waals surface area contributed by atoms with Gasteiger partial charge < -0.3 is 10.2 Å². The number of hydrogen-bond donors (Lipinski definition) is 1. The van der Waals surface area contributed by atoms with Gasteiger partial charge in [-0.1, -0.05) is 6.07 Å². The van der Waals surface area contributed by atoms with E-state index in [-0.39, 0.29) is 5.54 Å². The van der Waals surface area contributed by atoms with Gasteiger partial charge in [0.1, 0.15) is 0 Å². The predicted molar refractivity (Wildman–Crippen MR) is 68.5 cm³/mol. The minimum atomic E-state index is 0.200. The summed E-state index contributed by atoms with van der Waals surface area (Å²) in [6.45, 7) is 7.72. The van der Waals surface area contributed by atoms with Crippen LogP contribution in [0, 0.1) is 0 Å². The molecule has 2 nitrogen and oxygen atoms in total. The zero-order chi connectivity index (χ0) is 11.5. The third-order valence-corrected chi connectivity index (χ3v) is 4.08. The predicted octanol–water partition coefficient (Wildman–Crippen LogP) is 2.74. The first-order valence-electron chi connectivity index (χ1n) is 5.38. The van der Waals surface area contributed by atoms with Gasteiger partial charge in [-0.3, -0.25) is 0 Å². The molecule has 0 aliphatic heterocycles. The molecule has 1 N–H and O–H groups in total. The van der Waals surface area contributed by atoms with Crippen molar-refractivity contribution in [1.82, 2.24) is 10.2 Å². The van der Waals surface area contributed by atoms with E-state index in [0.717, 1.165) is 6.54 Å². The summed E-state index contributed by atoms with van der Waals surface area (Å²) in [5, 5.41) is 5.70. The van der Waals surface area contributed by atoms with E-state index in [2.05, 4.69) is 62.6 Å². The summed E-state index contributed by atoms with van der Waals surface area (Å²) in [7, 11) is 4.25. The average Bonchev–Trinajstić information content (AvgIpc) is 2.66. The van der Waals surface area contributed by atoms with E-state index in [4.69, 9.17) is 0 Å².